The minimum absolute atomic E-state index is 1.17. The molecule has 0 rings (SSSR count). The van der Waals surface area contributed by atoms with Crippen LogP contribution in [0.2, 0.25) is 0 Å². The van der Waals surface area contributed by atoms with Gasteiger partial charge in [0.25, 0.3) is 0 Å². The molecule has 0 aromatic rings. The lowest BCUT2D eigenvalue weighted by atomic mass is 10.4. The molecule has 76 valence electrons. The Hall–Kier alpha value is 0.0700. The molecule has 0 aromatic heterocycles. The number of nitrogens with one attached hydrogen (secondary N) is 1. The minimum atomic E-state index is -4.64. The maximum atomic E-state index is 8.88. The molecule has 0 heterocycles. The van der Waals surface area contributed by atoms with Gasteiger partial charge in [-0.15, -0.1) is 0 Å². The van der Waals surface area contributed by atoms with E-state index in [0.29, 0.717) is 0 Å². The van der Waals surface area contributed by atoms with Crippen LogP contribution in [0.1, 0.15) is 26.7 Å². The Kier molecular flexibility index (Phi) is 11.1. The fourth-order valence-corrected chi connectivity index (χ4v) is 0.479. The summed E-state index contributed by atoms with van der Waals surface area (Å²) in [7, 11) is -4.64. The van der Waals surface area contributed by atoms with Crippen molar-refractivity contribution in [3.05, 3.63) is 0 Å². The predicted octanol–water partition coefficient (Wildman–Crippen LogP) is 0.467. The van der Waals surface area contributed by atoms with Gasteiger partial charge in [0.1, 0.15) is 0 Å². The van der Waals surface area contributed by atoms with E-state index < -0.39 is 7.82 Å². The third-order valence-corrected chi connectivity index (χ3v) is 0.854. The molecule has 0 atom stereocenters. The van der Waals surface area contributed by atoms with E-state index in [4.69, 9.17) is 19.2 Å². The summed E-state index contributed by atoms with van der Waals surface area (Å²) < 4.78 is 8.88. The van der Waals surface area contributed by atoms with Gasteiger partial charge < -0.3 is 20.0 Å². The van der Waals surface area contributed by atoms with Crippen molar-refractivity contribution in [3.8, 4) is 0 Å². The highest BCUT2D eigenvalue weighted by molar-refractivity contribution is 7.45. The highest BCUT2D eigenvalue weighted by Crippen LogP contribution is 2.25. The van der Waals surface area contributed by atoms with Crippen molar-refractivity contribution < 1.29 is 19.2 Å². The van der Waals surface area contributed by atoms with Crippen LogP contribution in [0.4, 0.5) is 0 Å². The van der Waals surface area contributed by atoms with Gasteiger partial charge in [-0.3, -0.25) is 0 Å². The fraction of sp³-hybridized carbons (Fsp3) is 1.00. The van der Waals surface area contributed by atoms with Gasteiger partial charge in [-0.05, 0) is 25.9 Å². The zero-order valence-electron chi connectivity index (χ0n) is 7.53. The molecule has 0 fully saturated rings. The van der Waals surface area contributed by atoms with Crippen molar-refractivity contribution in [1.82, 2.24) is 5.32 Å². The molecule has 0 saturated heterocycles. The first kappa shape index (κ1) is 14.6. The average molecular weight is 199 g/mol. The van der Waals surface area contributed by atoms with E-state index in [1.54, 1.807) is 0 Å². The van der Waals surface area contributed by atoms with Crippen molar-refractivity contribution >= 4 is 7.82 Å². The molecule has 5 nitrogen and oxygen atoms in total. The van der Waals surface area contributed by atoms with Crippen LogP contribution in [0, 0.1) is 0 Å². The molecule has 0 aliphatic heterocycles. The molecular weight excluding hydrogens is 181 g/mol. The van der Waals surface area contributed by atoms with E-state index in [9.17, 15) is 0 Å². The Morgan fingerprint density at radius 1 is 1.08 bits per heavy atom. The van der Waals surface area contributed by atoms with Crippen LogP contribution < -0.4 is 5.32 Å². The van der Waals surface area contributed by atoms with Crippen molar-refractivity contribution in [2.45, 2.75) is 26.7 Å². The molecule has 6 heteroatoms. The van der Waals surface area contributed by atoms with Gasteiger partial charge in [0.2, 0.25) is 0 Å². The largest absolute Gasteiger partial charge is 0.466 e. The third kappa shape index (κ3) is 50.0. The zero-order valence-corrected chi connectivity index (χ0v) is 8.42. The number of rotatable bonds is 4. The topological polar surface area (TPSA) is 89.8 Å². The molecule has 0 spiro atoms. The van der Waals surface area contributed by atoms with Gasteiger partial charge in [0.05, 0.1) is 0 Å². The minimum Gasteiger partial charge on any atom is -0.317 e. The number of hydrogen-bond donors (Lipinski definition) is 4. The SMILES string of the molecule is CCCNCCC.O=P(O)(O)O. The maximum absolute atomic E-state index is 8.88. The second-order valence-electron chi connectivity index (χ2n) is 2.26. The Bertz CT molecular complexity index is 112. The van der Waals surface area contributed by atoms with Gasteiger partial charge in [0, 0.05) is 0 Å². The molecule has 0 amide bonds. The van der Waals surface area contributed by atoms with Crippen molar-refractivity contribution in [1.29, 1.82) is 0 Å². The average Bonchev–Trinajstić information content (AvgIpc) is 1.85. The molecule has 0 aromatic carbocycles. The van der Waals surface area contributed by atoms with E-state index in [1.807, 2.05) is 0 Å². The molecular formula is C6H18NO4P. The lowest BCUT2D eigenvalue weighted by Crippen LogP contribution is -2.14. The second kappa shape index (κ2) is 9.16. The van der Waals surface area contributed by atoms with E-state index in [-0.39, 0.29) is 0 Å². The Morgan fingerprint density at radius 2 is 1.33 bits per heavy atom. The predicted molar refractivity (Wildman–Crippen MR) is 47.7 cm³/mol. The second-order valence-corrected chi connectivity index (χ2v) is 3.29. The normalized spacial score (nSPS) is 10.4. The summed E-state index contributed by atoms with van der Waals surface area (Å²) in [4.78, 5) is 21.6. The summed E-state index contributed by atoms with van der Waals surface area (Å²) in [5.74, 6) is 0. The molecule has 12 heavy (non-hydrogen) atoms. The molecule has 0 radical (unpaired) electrons. The van der Waals surface area contributed by atoms with Crippen LogP contribution in [-0.4, -0.2) is 27.8 Å². The standard InChI is InChI=1S/C6H15N.H3O4P/c1-3-5-7-6-4-2;1-5(2,3)4/h7H,3-6H2,1-2H3;(H3,1,2,3,4). The summed E-state index contributed by atoms with van der Waals surface area (Å²) in [6.07, 6.45) is 2.50. The van der Waals surface area contributed by atoms with Crippen LogP contribution in [0.5, 0.6) is 0 Å². The van der Waals surface area contributed by atoms with Gasteiger partial charge in [-0.2, -0.15) is 0 Å². The van der Waals surface area contributed by atoms with Gasteiger partial charge in [0.15, 0.2) is 0 Å². The first-order valence-corrected chi connectivity index (χ1v) is 5.47. The zero-order chi connectivity index (χ0) is 10.0. The smallest absolute Gasteiger partial charge is 0.317 e. The van der Waals surface area contributed by atoms with E-state index in [1.165, 1.54) is 25.9 Å². The molecule has 0 saturated carbocycles. The van der Waals surface area contributed by atoms with Crippen molar-refractivity contribution in [2.24, 2.45) is 0 Å². The van der Waals surface area contributed by atoms with Crippen molar-refractivity contribution in [2.75, 3.05) is 13.1 Å². The Morgan fingerprint density at radius 3 is 1.50 bits per heavy atom. The van der Waals surface area contributed by atoms with Gasteiger partial charge in [-0.1, -0.05) is 13.8 Å². The van der Waals surface area contributed by atoms with E-state index in [2.05, 4.69) is 19.2 Å². The Balaban J connectivity index is 0. The van der Waals surface area contributed by atoms with E-state index >= 15 is 0 Å². The van der Waals surface area contributed by atoms with Crippen molar-refractivity contribution in [3.63, 3.8) is 0 Å². The molecule has 0 unspecified atom stereocenters. The highest BCUT2D eigenvalue weighted by atomic mass is 31.2. The summed E-state index contributed by atoms with van der Waals surface area (Å²) >= 11 is 0. The van der Waals surface area contributed by atoms with Crippen LogP contribution >= 0.6 is 7.82 Å². The first-order valence-electron chi connectivity index (χ1n) is 3.90. The van der Waals surface area contributed by atoms with Crippen LogP contribution in [-0.2, 0) is 4.57 Å². The van der Waals surface area contributed by atoms with E-state index in [0.717, 1.165) is 0 Å². The monoisotopic (exact) mass is 199 g/mol. The summed E-state index contributed by atoms with van der Waals surface area (Å²) in [5, 5.41) is 3.28. The first-order chi connectivity index (χ1) is 5.41. The fourth-order valence-electron chi connectivity index (χ4n) is 0.479. The number of phosphoric acid groups is 1. The lowest BCUT2D eigenvalue weighted by molar-refractivity contribution is 0.275. The highest BCUT2D eigenvalue weighted by Gasteiger charge is 2.00. The lowest BCUT2D eigenvalue weighted by Gasteiger charge is -1.95. The van der Waals surface area contributed by atoms with Crippen LogP contribution in [0.15, 0.2) is 0 Å². The van der Waals surface area contributed by atoms with Crippen LogP contribution in [0.25, 0.3) is 0 Å². The van der Waals surface area contributed by atoms with Crippen LogP contribution in [0.3, 0.4) is 0 Å². The van der Waals surface area contributed by atoms with Gasteiger partial charge >= 0.3 is 7.82 Å². The van der Waals surface area contributed by atoms with Gasteiger partial charge in [-0.25, -0.2) is 4.57 Å². The molecule has 0 aliphatic rings. The molecule has 0 bridgehead atoms. The Labute approximate surface area is 73.1 Å². The number of hydrogen-bond acceptors (Lipinski definition) is 2. The quantitative estimate of drug-likeness (QED) is 0.390. The summed E-state index contributed by atoms with van der Waals surface area (Å²) in [6, 6.07) is 0. The summed E-state index contributed by atoms with van der Waals surface area (Å²) in [5.41, 5.74) is 0. The summed E-state index contributed by atoms with van der Waals surface area (Å²) in [6.45, 7) is 6.72. The third-order valence-electron chi connectivity index (χ3n) is 0.854. The maximum Gasteiger partial charge on any atom is 0.466 e. The molecule has 0 aliphatic carbocycles. The molecule has 4 N–H and O–H groups in total.